The summed E-state index contributed by atoms with van der Waals surface area (Å²) >= 11 is 0. The molecule has 0 aliphatic carbocycles. The summed E-state index contributed by atoms with van der Waals surface area (Å²) in [7, 11) is 0. The molecule has 0 bridgehead atoms. The minimum Gasteiger partial charge on any atom is -0.319 e. The Labute approximate surface area is 191 Å². The Morgan fingerprint density at radius 1 is 1.00 bits per heavy atom. The van der Waals surface area contributed by atoms with Crippen LogP contribution in [0.1, 0.15) is 35.7 Å². The van der Waals surface area contributed by atoms with Gasteiger partial charge in [-0.05, 0) is 41.8 Å². The number of hydrogen-bond acceptors (Lipinski definition) is 4. The van der Waals surface area contributed by atoms with Crippen LogP contribution in [-0.4, -0.2) is 41.6 Å². The van der Waals surface area contributed by atoms with Gasteiger partial charge < -0.3 is 10.2 Å². The van der Waals surface area contributed by atoms with Crippen molar-refractivity contribution in [1.29, 1.82) is 0 Å². The quantitative estimate of drug-likeness (QED) is 0.484. The third-order valence-electron chi connectivity index (χ3n) is 6.46. The molecule has 2 aliphatic heterocycles. The number of hydrogen-bond donors (Lipinski definition) is 1. The number of anilines is 1. The van der Waals surface area contributed by atoms with Crippen molar-refractivity contribution < 1.29 is 19.2 Å². The van der Waals surface area contributed by atoms with Crippen molar-refractivity contribution in [2.24, 2.45) is 0 Å². The fourth-order valence-electron chi connectivity index (χ4n) is 4.69. The van der Waals surface area contributed by atoms with Gasteiger partial charge >= 0.3 is 6.03 Å². The van der Waals surface area contributed by atoms with Crippen molar-refractivity contribution in [3.8, 4) is 0 Å². The maximum Gasteiger partial charge on any atom is 0.325 e. The molecule has 0 saturated carbocycles. The number of ketones is 1. The van der Waals surface area contributed by atoms with Gasteiger partial charge in [-0.25, -0.2) is 4.79 Å². The molecule has 3 aromatic rings. The Morgan fingerprint density at radius 3 is 2.55 bits per heavy atom. The molecule has 0 spiro atoms. The summed E-state index contributed by atoms with van der Waals surface area (Å²) in [6.45, 7) is 1.91. The number of carbonyl (C=O) groups is 4. The molecule has 1 N–H and O–H groups in total. The maximum absolute atomic E-state index is 13.4. The van der Waals surface area contributed by atoms with Gasteiger partial charge in [0.2, 0.25) is 5.91 Å². The van der Waals surface area contributed by atoms with E-state index >= 15 is 0 Å². The number of Topliss-reactive ketones (excluding diaryl/α,β-unsaturated/α-hetero) is 1. The van der Waals surface area contributed by atoms with Crippen LogP contribution in [0.2, 0.25) is 0 Å². The largest absolute Gasteiger partial charge is 0.325 e. The second kappa shape index (κ2) is 7.85. The van der Waals surface area contributed by atoms with Crippen LogP contribution in [0.15, 0.2) is 66.7 Å². The van der Waals surface area contributed by atoms with Crippen molar-refractivity contribution in [2.75, 3.05) is 18.0 Å². The predicted octanol–water partition coefficient (Wildman–Crippen LogP) is 3.62. The normalized spacial score (nSPS) is 20.6. The van der Waals surface area contributed by atoms with Gasteiger partial charge in [0.1, 0.15) is 5.54 Å². The summed E-state index contributed by atoms with van der Waals surface area (Å²) < 4.78 is 0. The monoisotopic (exact) mass is 441 g/mol. The Bertz CT molecular complexity index is 1310. The van der Waals surface area contributed by atoms with E-state index in [2.05, 4.69) is 5.32 Å². The van der Waals surface area contributed by atoms with E-state index in [1.165, 1.54) is 0 Å². The highest BCUT2D eigenvalue weighted by atomic mass is 16.2. The van der Waals surface area contributed by atoms with Crippen LogP contribution in [-0.2, 0) is 15.1 Å². The van der Waals surface area contributed by atoms with Gasteiger partial charge in [0.25, 0.3) is 5.91 Å². The SMILES string of the molecule is C[C@@]1(c2cccc3ccccc23)NC(=O)N(CC(=O)c2cccc(N3CCCC3=O)c2)C1=O. The summed E-state index contributed by atoms with van der Waals surface area (Å²) in [5, 5.41) is 4.62. The molecular formula is C26H23N3O4. The lowest BCUT2D eigenvalue weighted by atomic mass is 9.88. The minimum atomic E-state index is -1.28. The number of imide groups is 1. The van der Waals surface area contributed by atoms with Crippen LogP contribution in [0.5, 0.6) is 0 Å². The van der Waals surface area contributed by atoms with E-state index in [-0.39, 0.29) is 18.2 Å². The molecular weight excluding hydrogens is 418 g/mol. The molecule has 1 atom stereocenters. The van der Waals surface area contributed by atoms with Crippen molar-refractivity contribution in [1.82, 2.24) is 10.2 Å². The summed E-state index contributed by atoms with van der Waals surface area (Å²) in [6, 6.07) is 19.4. The van der Waals surface area contributed by atoms with Gasteiger partial charge in [-0.1, -0.05) is 54.6 Å². The molecule has 2 fully saturated rings. The van der Waals surface area contributed by atoms with Crippen LogP contribution < -0.4 is 10.2 Å². The number of fused-ring (bicyclic) bond motifs is 1. The highest BCUT2D eigenvalue weighted by Gasteiger charge is 2.50. The zero-order valence-electron chi connectivity index (χ0n) is 18.2. The van der Waals surface area contributed by atoms with Crippen LogP contribution in [0.25, 0.3) is 10.8 Å². The molecule has 7 nitrogen and oxygen atoms in total. The van der Waals surface area contributed by atoms with Gasteiger partial charge in [-0.3, -0.25) is 19.3 Å². The number of amides is 4. The van der Waals surface area contributed by atoms with Crippen LogP contribution >= 0.6 is 0 Å². The average Bonchev–Trinajstić information content (AvgIpc) is 3.35. The third kappa shape index (κ3) is 3.46. The zero-order chi connectivity index (χ0) is 23.2. The van der Waals surface area contributed by atoms with Gasteiger partial charge in [-0.2, -0.15) is 0 Å². The number of carbonyl (C=O) groups excluding carboxylic acids is 4. The molecule has 2 aliphatic rings. The molecule has 0 radical (unpaired) electrons. The smallest absolute Gasteiger partial charge is 0.319 e. The first-order valence-electron chi connectivity index (χ1n) is 10.9. The topological polar surface area (TPSA) is 86.8 Å². The summed E-state index contributed by atoms with van der Waals surface area (Å²) in [4.78, 5) is 53.9. The van der Waals surface area contributed by atoms with Gasteiger partial charge in [0.15, 0.2) is 5.78 Å². The highest BCUT2D eigenvalue weighted by Crippen LogP contribution is 2.34. The predicted molar refractivity (Wildman–Crippen MR) is 124 cm³/mol. The van der Waals surface area contributed by atoms with E-state index in [0.29, 0.717) is 29.8 Å². The van der Waals surface area contributed by atoms with E-state index in [9.17, 15) is 19.2 Å². The number of nitrogens with one attached hydrogen (secondary N) is 1. The molecule has 5 rings (SSSR count). The Morgan fingerprint density at radius 2 is 1.76 bits per heavy atom. The third-order valence-corrected chi connectivity index (χ3v) is 6.46. The molecule has 2 saturated heterocycles. The van der Waals surface area contributed by atoms with Gasteiger partial charge in [0, 0.05) is 24.2 Å². The standard InChI is InChI=1S/C26H23N3O4/c1-26(21-12-5-8-17-7-2-3-11-20(17)21)24(32)29(25(33)27-26)16-22(30)18-9-4-10-19(15-18)28-14-6-13-23(28)31/h2-5,7-12,15H,6,13-14,16H2,1H3,(H,27,33)/t26-/m0/s1. The summed E-state index contributed by atoms with van der Waals surface area (Å²) in [5.41, 5.74) is 0.415. The highest BCUT2D eigenvalue weighted by molar-refractivity contribution is 6.12. The van der Waals surface area contributed by atoms with Crippen molar-refractivity contribution in [2.45, 2.75) is 25.3 Å². The van der Waals surface area contributed by atoms with E-state index < -0.39 is 17.5 Å². The van der Waals surface area contributed by atoms with Gasteiger partial charge in [-0.15, -0.1) is 0 Å². The zero-order valence-corrected chi connectivity index (χ0v) is 18.2. The second-order valence-corrected chi connectivity index (χ2v) is 8.60. The van der Waals surface area contributed by atoms with E-state index in [1.807, 2.05) is 42.5 Å². The molecule has 0 unspecified atom stereocenters. The number of urea groups is 1. The van der Waals surface area contributed by atoms with E-state index in [0.717, 1.165) is 22.1 Å². The number of benzene rings is 3. The molecule has 33 heavy (non-hydrogen) atoms. The fourth-order valence-corrected chi connectivity index (χ4v) is 4.69. The molecule has 0 aromatic heterocycles. The van der Waals surface area contributed by atoms with Crippen molar-refractivity contribution in [3.63, 3.8) is 0 Å². The minimum absolute atomic E-state index is 0.0274. The van der Waals surface area contributed by atoms with Crippen LogP contribution in [0.4, 0.5) is 10.5 Å². The first kappa shape index (κ1) is 20.9. The molecule has 7 heteroatoms. The Kier molecular flexibility index (Phi) is 4.96. The molecule has 166 valence electrons. The van der Waals surface area contributed by atoms with Crippen molar-refractivity contribution >= 4 is 40.1 Å². The maximum atomic E-state index is 13.4. The molecule has 2 heterocycles. The Hall–Kier alpha value is -4.00. The molecule has 3 aromatic carbocycles. The number of rotatable bonds is 5. The fraction of sp³-hybridized carbons (Fsp3) is 0.231. The Balaban J connectivity index is 1.41. The lowest BCUT2D eigenvalue weighted by molar-refractivity contribution is -0.130. The summed E-state index contributed by atoms with van der Waals surface area (Å²) in [5.74, 6) is -0.809. The van der Waals surface area contributed by atoms with Gasteiger partial charge in [0.05, 0.1) is 6.54 Å². The average molecular weight is 441 g/mol. The van der Waals surface area contributed by atoms with E-state index in [4.69, 9.17) is 0 Å². The van der Waals surface area contributed by atoms with E-state index in [1.54, 1.807) is 36.1 Å². The van der Waals surface area contributed by atoms with Crippen LogP contribution in [0.3, 0.4) is 0 Å². The first-order valence-corrected chi connectivity index (χ1v) is 10.9. The van der Waals surface area contributed by atoms with Crippen molar-refractivity contribution in [3.05, 3.63) is 77.9 Å². The lowest BCUT2D eigenvalue weighted by Gasteiger charge is -2.24. The summed E-state index contributed by atoms with van der Waals surface area (Å²) in [6.07, 6.45) is 1.28. The first-order chi connectivity index (χ1) is 15.9. The second-order valence-electron chi connectivity index (χ2n) is 8.60. The lowest BCUT2D eigenvalue weighted by Crippen LogP contribution is -2.41. The number of nitrogens with zero attached hydrogens (tertiary/aromatic N) is 2. The molecule has 4 amide bonds. The van der Waals surface area contributed by atoms with Crippen LogP contribution in [0, 0.1) is 0 Å².